The van der Waals surface area contributed by atoms with E-state index in [1.807, 2.05) is 14.2 Å². The van der Waals surface area contributed by atoms with Crippen LogP contribution in [0.2, 0.25) is 0 Å². The molecular formula is C20H40O4. The predicted octanol–water partition coefficient (Wildman–Crippen LogP) is 5.58. The number of unbranched alkanes of at least 4 members (excludes halogenated alkanes) is 8. The summed E-state index contributed by atoms with van der Waals surface area (Å²) in [6.07, 6.45) is 15.9. The van der Waals surface area contributed by atoms with Gasteiger partial charge < -0.3 is 14.6 Å². The minimum atomic E-state index is -0.676. The lowest BCUT2D eigenvalue weighted by Gasteiger charge is -2.22. The van der Waals surface area contributed by atoms with Gasteiger partial charge in [0, 0.05) is 20.6 Å². The molecule has 0 saturated carbocycles. The molecule has 2 unspecified atom stereocenters. The van der Waals surface area contributed by atoms with Crippen LogP contribution in [0.25, 0.3) is 0 Å². The summed E-state index contributed by atoms with van der Waals surface area (Å²) >= 11 is 0. The van der Waals surface area contributed by atoms with Crippen LogP contribution in [0, 0.1) is 0 Å². The van der Waals surface area contributed by atoms with E-state index in [4.69, 9.17) is 14.6 Å². The number of rotatable bonds is 18. The van der Waals surface area contributed by atoms with Crippen molar-refractivity contribution < 1.29 is 19.4 Å². The standard InChI is InChI=1S/C20H40O4/c1-4-5-11-14-18(23-2)17-19(24-3)15-12-9-7-6-8-10-13-16-20(21)22/h18-19H,4-17H2,1-3H3,(H,21,22). The van der Waals surface area contributed by atoms with Crippen LogP contribution in [0.5, 0.6) is 0 Å². The topological polar surface area (TPSA) is 55.8 Å². The molecule has 0 aromatic carbocycles. The van der Waals surface area contributed by atoms with Gasteiger partial charge in [0.2, 0.25) is 0 Å². The van der Waals surface area contributed by atoms with Crippen molar-refractivity contribution in [3.05, 3.63) is 0 Å². The van der Waals surface area contributed by atoms with Gasteiger partial charge in [-0.05, 0) is 25.7 Å². The van der Waals surface area contributed by atoms with Crippen molar-refractivity contribution in [3.8, 4) is 0 Å². The molecule has 2 atom stereocenters. The fourth-order valence-corrected chi connectivity index (χ4v) is 3.11. The van der Waals surface area contributed by atoms with Gasteiger partial charge in [-0.15, -0.1) is 0 Å². The Balaban J connectivity index is 3.61. The maximum absolute atomic E-state index is 10.4. The first-order valence-corrected chi connectivity index (χ1v) is 9.91. The Morgan fingerprint density at radius 1 is 0.792 bits per heavy atom. The Morgan fingerprint density at radius 2 is 1.25 bits per heavy atom. The molecule has 0 aliphatic heterocycles. The molecule has 0 rings (SSSR count). The summed E-state index contributed by atoms with van der Waals surface area (Å²) in [5.41, 5.74) is 0. The van der Waals surface area contributed by atoms with Crippen molar-refractivity contribution in [2.45, 2.75) is 109 Å². The maximum Gasteiger partial charge on any atom is 0.303 e. The second-order valence-electron chi connectivity index (χ2n) is 6.85. The minimum absolute atomic E-state index is 0.312. The quantitative estimate of drug-likeness (QED) is 0.330. The van der Waals surface area contributed by atoms with Crippen molar-refractivity contribution in [3.63, 3.8) is 0 Å². The van der Waals surface area contributed by atoms with Crippen molar-refractivity contribution in [1.82, 2.24) is 0 Å². The molecule has 0 amide bonds. The van der Waals surface area contributed by atoms with E-state index in [-0.39, 0.29) is 0 Å². The van der Waals surface area contributed by atoms with Gasteiger partial charge in [-0.2, -0.15) is 0 Å². The number of hydrogen-bond donors (Lipinski definition) is 1. The maximum atomic E-state index is 10.4. The number of carbonyl (C=O) groups is 1. The average Bonchev–Trinajstić information content (AvgIpc) is 2.57. The number of methoxy groups -OCH3 is 2. The fraction of sp³-hybridized carbons (Fsp3) is 0.950. The molecule has 1 N–H and O–H groups in total. The second kappa shape index (κ2) is 17.2. The largest absolute Gasteiger partial charge is 0.481 e. The number of aliphatic carboxylic acids is 1. The first kappa shape index (κ1) is 23.4. The average molecular weight is 345 g/mol. The Labute approximate surface area is 149 Å². The molecule has 0 saturated heterocycles. The fourth-order valence-electron chi connectivity index (χ4n) is 3.11. The van der Waals surface area contributed by atoms with Crippen LogP contribution in [0.4, 0.5) is 0 Å². The molecule has 4 heteroatoms. The van der Waals surface area contributed by atoms with Crippen molar-refractivity contribution in [2.24, 2.45) is 0 Å². The first-order valence-electron chi connectivity index (χ1n) is 9.91. The number of hydrogen-bond acceptors (Lipinski definition) is 3. The Bertz CT molecular complexity index is 281. The van der Waals surface area contributed by atoms with Crippen molar-refractivity contribution in [1.29, 1.82) is 0 Å². The molecule has 144 valence electrons. The van der Waals surface area contributed by atoms with E-state index in [0.29, 0.717) is 18.6 Å². The molecule has 24 heavy (non-hydrogen) atoms. The molecule has 0 aromatic rings. The number of ether oxygens (including phenoxy) is 2. The van der Waals surface area contributed by atoms with Crippen LogP contribution < -0.4 is 0 Å². The second-order valence-corrected chi connectivity index (χ2v) is 6.85. The summed E-state index contributed by atoms with van der Waals surface area (Å²) in [6.45, 7) is 2.23. The van der Waals surface area contributed by atoms with Gasteiger partial charge in [-0.3, -0.25) is 4.79 Å². The van der Waals surface area contributed by atoms with Gasteiger partial charge in [0.1, 0.15) is 0 Å². The zero-order valence-corrected chi connectivity index (χ0v) is 16.2. The van der Waals surface area contributed by atoms with Crippen LogP contribution in [-0.4, -0.2) is 37.5 Å². The van der Waals surface area contributed by atoms with Gasteiger partial charge in [0.05, 0.1) is 12.2 Å². The number of carboxylic acid groups (broad SMARTS) is 1. The van der Waals surface area contributed by atoms with E-state index < -0.39 is 5.97 Å². The molecule has 4 nitrogen and oxygen atoms in total. The van der Waals surface area contributed by atoms with E-state index in [0.717, 1.165) is 38.5 Å². The highest BCUT2D eigenvalue weighted by atomic mass is 16.5. The molecular weight excluding hydrogens is 304 g/mol. The van der Waals surface area contributed by atoms with Crippen LogP contribution in [0.1, 0.15) is 96.8 Å². The molecule has 0 aliphatic rings. The van der Waals surface area contributed by atoms with E-state index in [1.54, 1.807) is 0 Å². The highest BCUT2D eigenvalue weighted by Gasteiger charge is 2.15. The normalized spacial score (nSPS) is 13.8. The van der Waals surface area contributed by atoms with E-state index in [2.05, 4.69) is 6.92 Å². The molecule has 0 heterocycles. The third-order valence-electron chi connectivity index (χ3n) is 4.74. The van der Waals surface area contributed by atoms with Crippen LogP contribution >= 0.6 is 0 Å². The highest BCUT2D eigenvalue weighted by molar-refractivity contribution is 5.66. The Hall–Kier alpha value is -0.610. The highest BCUT2D eigenvalue weighted by Crippen LogP contribution is 2.18. The summed E-state index contributed by atoms with van der Waals surface area (Å²) in [6, 6.07) is 0. The number of carboxylic acids is 1. The summed E-state index contributed by atoms with van der Waals surface area (Å²) in [4.78, 5) is 10.4. The van der Waals surface area contributed by atoms with Gasteiger partial charge in [0.25, 0.3) is 0 Å². The summed E-state index contributed by atoms with van der Waals surface area (Å²) < 4.78 is 11.2. The van der Waals surface area contributed by atoms with Crippen molar-refractivity contribution in [2.75, 3.05) is 14.2 Å². The third-order valence-corrected chi connectivity index (χ3v) is 4.74. The van der Waals surface area contributed by atoms with E-state index in [1.165, 1.54) is 44.9 Å². The Kier molecular flexibility index (Phi) is 16.8. The van der Waals surface area contributed by atoms with Crippen molar-refractivity contribution >= 4 is 5.97 Å². The molecule has 0 spiro atoms. The van der Waals surface area contributed by atoms with Gasteiger partial charge in [0.15, 0.2) is 0 Å². The molecule has 0 aliphatic carbocycles. The monoisotopic (exact) mass is 344 g/mol. The summed E-state index contributed by atoms with van der Waals surface area (Å²) in [5, 5.41) is 8.58. The minimum Gasteiger partial charge on any atom is -0.481 e. The Morgan fingerprint density at radius 3 is 1.71 bits per heavy atom. The van der Waals surface area contributed by atoms with Crippen LogP contribution in [-0.2, 0) is 14.3 Å². The lowest BCUT2D eigenvalue weighted by atomic mass is 10.00. The molecule has 0 fully saturated rings. The van der Waals surface area contributed by atoms with E-state index >= 15 is 0 Å². The molecule has 0 radical (unpaired) electrons. The summed E-state index contributed by atoms with van der Waals surface area (Å²) in [5.74, 6) is -0.676. The zero-order valence-electron chi connectivity index (χ0n) is 16.2. The summed E-state index contributed by atoms with van der Waals surface area (Å²) in [7, 11) is 3.62. The smallest absolute Gasteiger partial charge is 0.303 e. The molecule has 0 bridgehead atoms. The van der Waals surface area contributed by atoms with Gasteiger partial charge >= 0.3 is 5.97 Å². The molecule has 0 aromatic heterocycles. The van der Waals surface area contributed by atoms with Gasteiger partial charge in [-0.1, -0.05) is 64.7 Å². The van der Waals surface area contributed by atoms with Gasteiger partial charge in [-0.25, -0.2) is 0 Å². The lowest BCUT2D eigenvalue weighted by Crippen LogP contribution is -2.21. The van der Waals surface area contributed by atoms with E-state index in [9.17, 15) is 4.79 Å². The predicted molar refractivity (Wildman–Crippen MR) is 99.5 cm³/mol. The SMILES string of the molecule is CCCCCC(CC(CCCCCCCCCC(=O)O)OC)OC. The van der Waals surface area contributed by atoms with Crippen LogP contribution in [0.15, 0.2) is 0 Å². The lowest BCUT2D eigenvalue weighted by molar-refractivity contribution is -0.137. The third kappa shape index (κ3) is 14.9. The zero-order chi connectivity index (χ0) is 18.0. The first-order chi connectivity index (χ1) is 11.6. The van der Waals surface area contributed by atoms with Crippen LogP contribution in [0.3, 0.4) is 0 Å².